The van der Waals surface area contributed by atoms with E-state index in [2.05, 4.69) is 15.9 Å². The molecular formula is C16H15BrNO5-. The third-order valence-corrected chi connectivity index (χ3v) is 4.18. The molecule has 1 heterocycles. The zero-order chi connectivity index (χ0) is 17.1. The van der Waals surface area contributed by atoms with Crippen molar-refractivity contribution in [3.8, 4) is 0 Å². The number of aliphatic carboxylic acids is 1. The van der Waals surface area contributed by atoms with Gasteiger partial charge in [0.2, 0.25) is 0 Å². The van der Waals surface area contributed by atoms with E-state index in [1.807, 2.05) is 0 Å². The fourth-order valence-corrected chi connectivity index (χ4v) is 2.89. The van der Waals surface area contributed by atoms with Gasteiger partial charge >= 0.3 is 0 Å². The van der Waals surface area contributed by atoms with Crippen molar-refractivity contribution >= 4 is 33.6 Å². The van der Waals surface area contributed by atoms with E-state index in [0.717, 1.165) is 4.47 Å². The molecule has 0 saturated heterocycles. The zero-order valence-electron chi connectivity index (χ0n) is 12.4. The Balaban J connectivity index is 2.36. The summed E-state index contributed by atoms with van der Waals surface area (Å²) in [5.41, 5.74) is 0.704. The lowest BCUT2D eigenvalue weighted by molar-refractivity contribution is -0.305. The van der Waals surface area contributed by atoms with E-state index in [-0.39, 0.29) is 25.0 Å². The summed E-state index contributed by atoms with van der Waals surface area (Å²) in [4.78, 5) is 36.0. The maximum atomic E-state index is 12.2. The van der Waals surface area contributed by atoms with Crippen LogP contribution < -0.4 is 5.11 Å². The van der Waals surface area contributed by atoms with E-state index in [1.54, 1.807) is 24.3 Å². The van der Waals surface area contributed by atoms with Crippen LogP contribution >= 0.6 is 15.9 Å². The average molecular weight is 381 g/mol. The molecule has 122 valence electrons. The number of carboxylic acid groups (broad SMARTS) is 1. The van der Waals surface area contributed by atoms with E-state index < -0.39 is 29.5 Å². The number of carbonyl (C=O) groups excluding carboxylic acids is 3. The van der Waals surface area contributed by atoms with Crippen LogP contribution in [-0.4, -0.2) is 34.2 Å². The number of halogens is 1. The van der Waals surface area contributed by atoms with Crippen molar-refractivity contribution in [2.45, 2.75) is 25.8 Å². The van der Waals surface area contributed by atoms with Gasteiger partial charge in [-0.05, 0) is 37.5 Å². The maximum absolute atomic E-state index is 12.2. The van der Waals surface area contributed by atoms with Crippen LogP contribution in [0.25, 0.3) is 0 Å². The second-order valence-corrected chi connectivity index (χ2v) is 6.16. The molecule has 0 aromatic heterocycles. The van der Waals surface area contributed by atoms with Gasteiger partial charge < -0.3 is 19.9 Å². The normalized spacial score (nSPS) is 17.7. The number of Topliss-reactive ketones (excluding diaryl/α,β-unsaturated/α-hetero) is 1. The molecule has 0 aliphatic carbocycles. The van der Waals surface area contributed by atoms with Gasteiger partial charge in [0.05, 0.1) is 11.6 Å². The minimum atomic E-state index is -1.21. The number of benzene rings is 1. The first-order valence-corrected chi connectivity index (χ1v) is 7.82. The molecule has 0 unspecified atom stereocenters. The van der Waals surface area contributed by atoms with Gasteiger partial charge in [-0.25, -0.2) is 0 Å². The van der Waals surface area contributed by atoms with Crippen molar-refractivity contribution in [2.24, 2.45) is 0 Å². The van der Waals surface area contributed by atoms with Crippen molar-refractivity contribution in [2.75, 3.05) is 6.54 Å². The molecule has 1 amide bonds. The Morgan fingerprint density at radius 3 is 2.43 bits per heavy atom. The molecule has 2 rings (SSSR count). The van der Waals surface area contributed by atoms with E-state index in [0.29, 0.717) is 5.56 Å². The van der Waals surface area contributed by atoms with Gasteiger partial charge in [0, 0.05) is 17.0 Å². The number of amides is 1. The first-order chi connectivity index (χ1) is 10.8. The number of hydrogen-bond donors (Lipinski definition) is 1. The Morgan fingerprint density at radius 1 is 1.30 bits per heavy atom. The van der Waals surface area contributed by atoms with Crippen LogP contribution in [-0.2, 0) is 14.4 Å². The number of aliphatic hydroxyl groups is 1. The van der Waals surface area contributed by atoms with Crippen molar-refractivity contribution in [3.05, 3.63) is 45.6 Å². The first-order valence-electron chi connectivity index (χ1n) is 7.03. The van der Waals surface area contributed by atoms with Gasteiger partial charge in [0.25, 0.3) is 5.91 Å². The summed E-state index contributed by atoms with van der Waals surface area (Å²) in [6.07, 6.45) is -0.0213. The molecule has 1 aliphatic rings. The predicted molar refractivity (Wildman–Crippen MR) is 83.2 cm³/mol. The summed E-state index contributed by atoms with van der Waals surface area (Å²) >= 11 is 3.31. The Hall–Kier alpha value is -2.15. The predicted octanol–water partition coefficient (Wildman–Crippen LogP) is 1.26. The molecule has 6 nitrogen and oxygen atoms in total. The van der Waals surface area contributed by atoms with Crippen molar-refractivity contribution in [1.82, 2.24) is 4.90 Å². The lowest BCUT2D eigenvalue weighted by Gasteiger charge is -2.26. The third-order valence-electron chi connectivity index (χ3n) is 3.65. The quantitative estimate of drug-likeness (QED) is 0.800. The summed E-state index contributed by atoms with van der Waals surface area (Å²) in [5, 5.41) is 20.6. The van der Waals surface area contributed by atoms with Crippen LogP contribution in [0.2, 0.25) is 0 Å². The minimum absolute atomic E-state index is 0.0331. The van der Waals surface area contributed by atoms with Crippen LogP contribution in [0.4, 0.5) is 0 Å². The molecule has 0 spiro atoms. The molecule has 1 aromatic rings. The Morgan fingerprint density at radius 2 is 1.91 bits per heavy atom. The molecule has 0 radical (unpaired) electrons. The lowest BCUT2D eigenvalue weighted by Crippen LogP contribution is -2.33. The van der Waals surface area contributed by atoms with Crippen LogP contribution in [0.15, 0.2) is 40.1 Å². The molecule has 0 saturated carbocycles. The van der Waals surface area contributed by atoms with Crippen LogP contribution in [0.1, 0.15) is 31.4 Å². The number of hydrogen-bond acceptors (Lipinski definition) is 5. The second-order valence-electron chi connectivity index (χ2n) is 5.25. The van der Waals surface area contributed by atoms with E-state index in [1.165, 1.54) is 11.8 Å². The highest BCUT2D eigenvalue weighted by molar-refractivity contribution is 9.10. The molecule has 1 aromatic carbocycles. The van der Waals surface area contributed by atoms with Crippen molar-refractivity contribution in [1.29, 1.82) is 0 Å². The van der Waals surface area contributed by atoms with Gasteiger partial charge in [0.15, 0.2) is 11.5 Å². The topological polar surface area (TPSA) is 97.7 Å². The maximum Gasteiger partial charge on any atom is 0.290 e. The lowest BCUT2D eigenvalue weighted by atomic mass is 9.97. The van der Waals surface area contributed by atoms with Crippen molar-refractivity contribution < 1.29 is 24.6 Å². The first kappa shape index (κ1) is 17.2. The molecule has 1 aliphatic heterocycles. The van der Waals surface area contributed by atoms with E-state index in [9.17, 15) is 24.6 Å². The molecule has 0 bridgehead atoms. The second kappa shape index (κ2) is 6.95. The Kier molecular flexibility index (Phi) is 5.20. The summed E-state index contributed by atoms with van der Waals surface area (Å²) in [5.74, 6) is -2.84. The molecule has 1 atom stereocenters. The van der Waals surface area contributed by atoms with Gasteiger partial charge in [-0.1, -0.05) is 28.1 Å². The number of rotatable bonds is 6. The summed E-state index contributed by atoms with van der Waals surface area (Å²) in [7, 11) is 0. The number of aliphatic hydroxyl groups excluding tert-OH is 1. The average Bonchev–Trinajstić information content (AvgIpc) is 2.72. The highest BCUT2D eigenvalue weighted by Crippen LogP contribution is 2.38. The molecule has 0 fully saturated rings. The van der Waals surface area contributed by atoms with Crippen LogP contribution in [0, 0.1) is 0 Å². The number of nitrogens with zero attached hydrogens (tertiary/aromatic N) is 1. The standard InChI is InChI=1S/C16H16BrNO5/c1-9(19)13-14(10-4-6-11(17)7-5-10)18(16(23)15(13)22)8-2-3-12(20)21/h4-7,14,22H,2-3,8H2,1H3,(H,20,21)/p-1/t14-/m0/s1. The highest BCUT2D eigenvalue weighted by atomic mass is 79.9. The Bertz CT molecular complexity index is 680. The van der Waals surface area contributed by atoms with Crippen molar-refractivity contribution in [3.63, 3.8) is 0 Å². The summed E-state index contributed by atoms with van der Waals surface area (Å²) in [6, 6.07) is 6.32. The summed E-state index contributed by atoms with van der Waals surface area (Å²) < 4.78 is 0.839. The van der Waals surface area contributed by atoms with Gasteiger partial charge in [0.1, 0.15) is 0 Å². The third kappa shape index (κ3) is 3.61. The summed E-state index contributed by atoms with van der Waals surface area (Å²) in [6.45, 7) is 1.39. The SMILES string of the molecule is CC(=O)C1=C(O)C(=O)N(CCCC(=O)[O-])[C@H]1c1ccc(Br)cc1. The minimum Gasteiger partial charge on any atom is -0.550 e. The molecule has 1 N–H and O–H groups in total. The number of ketones is 1. The fraction of sp³-hybridized carbons (Fsp3) is 0.312. The molecule has 7 heteroatoms. The van der Waals surface area contributed by atoms with E-state index in [4.69, 9.17) is 0 Å². The fourth-order valence-electron chi connectivity index (χ4n) is 2.63. The molecule has 23 heavy (non-hydrogen) atoms. The zero-order valence-corrected chi connectivity index (χ0v) is 14.0. The van der Waals surface area contributed by atoms with Crippen LogP contribution in [0.3, 0.4) is 0 Å². The number of carboxylic acids is 1. The van der Waals surface area contributed by atoms with Gasteiger partial charge in [-0.15, -0.1) is 0 Å². The Labute approximate surface area is 141 Å². The highest BCUT2D eigenvalue weighted by Gasteiger charge is 2.41. The molecular weight excluding hydrogens is 366 g/mol. The smallest absolute Gasteiger partial charge is 0.290 e. The number of carbonyl (C=O) groups is 3. The van der Waals surface area contributed by atoms with Crippen LogP contribution in [0.5, 0.6) is 0 Å². The van der Waals surface area contributed by atoms with Gasteiger partial charge in [-0.3, -0.25) is 9.59 Å². The van der Waals surface area contributed by atoms with E-state index >= 15 is 0 Å². The largest absolute Gasteiger partial charge is 0.550 e. The monoisotopic (exact) mass is 380 g/mol. The van der Waals surface area contributed by atoms with Gasteiger partial charge in [-0.2, -0.15) is 0 Å².